The predicted molar refractivity (Wildman–Crippen MR) is 124 cm³/mol. The van der Waals surface area contributed by atoms with E-state index in [9.17, 15) is 13.2 Å². The first kappa shape index (κ1) is 23.0. The molecule has 180 valence electrons. The molecule has 2 aromatic rings. The van der Waals surface area contributed by atoms with Crippen LogP contribution >= 0.6 is 11.3 Å². The molecule has 33 heavy (non-hydrogen) atoms. The van der Waals surface area contributed by atoms with Gasteiger partial charge in [0.05, 0.1) is 24.6 Å². The molecule has 0 bridgehead atoms. The van der Waals surface area contributed by atoms with Crippen LogP contribution < -0.4 is 0 Å². The Bertz CT molecular complexity index is 1160. The van der Waals surface area contributed by atoms with Crippen LogP contribution in [0.25, 0.3) is 10.7 Å². The van der Waals surface area contributed by atoms with Gasteiger partial charge in [-0.3, -0.25) is 4.79 Å². The SMILES string of the molecule is Cc1nc(-c2cc(S(=O)(=O)N3CCC4(CC3)OCCO4)c(C)n2C)sc1C(=O)N1CCCC1. The largest absolute Gasteiger partial charge is 0.347 e. The summed E-state index contributed by atoms with van der Waals surface area (Å²) in [6, 6.07) is 1.69. The molecule has 1 amide bonds. The van der Waals surface area contributed by atoms with Crippen molar-refractivity contribution in [3.8, 4) is 10.7 Å². The first-order chi connectivity index (χ1) is 15.7. The van der Waals surface area contributed by atoms with E-state index in [-0.39, 0.29) is 10.8 Å². The molecule has 11 heteroatoms. The maximum absolute atomic E-state index is 13.5. The van der Waals surface area contributed by atoms with Crippen molar-refractivity contribution in [3.63, 3.8) is 0 Å². The molecule has 0 radical (unpaired) electrons. The number of amides is 1. The lowest BCUT2D eigenvalue weighted by Gasteiger charge is -2.36. The summed E-state index contributed by atoms with van der Waals surface area (Å²) in [6.07, 6.45) is 3.12. The average molecular weight is 495 g/mol. The van der Waals surface area contributed by atoms with E-state index >= 15 is 0 Å². The number of ether oxygens (including phenoxy) is 2. The Morgan fingerprint density at radius 2 is 1.73 bits per heavy atom. The molecule has 9 nitrogen and oxygen atoms in total. The molecule has 0 saturated carbocycles. The molecular weight excluding hydrogens is 464 g/mol. The maximum atomic E-state index is 13.5. The highest BCUT2D eigenvalue weighted by atomic mass is 32.2. The highest BCUT2D eigenvalue weighted by Gasteiger charge is 2.43. The van der Waals surface area contributed by atoms with Crippen molar-refractivity contribution in [2.24, 2.45) is 7.05 Å². The Hall–Kier alpha value is -1.79. The van der Waals surface area contributed by atoms with Gasteiger partial charge in [0.1, 0.15) is 14.8 Å². The Balaban J connectivity index is 1.41. The quantitative estimate of drug-likeness (QED) is 0.648. The van der Waals surface area contributed by atoms with Gasteiger partial charge < -0.3 is 18.9 Å². The van der Waals surface area contributed by atoms with Crippen molar-refractivity contribution in [1.82, 2.24) is 18.8 Å². The van der Waals surface area contributed by atoms with Crippen LogP contribution in [0.2, 0.25) is 0 Å². The highest BCUT2D eigenvalue weighted by Crippen LogP contribution is 2.37. The van der Waals surface area contributed by atoms with Gasteiger partial charge in [-0.25, -0.2) is 13.4 Å². The number of rotatable bonds is 4. The van der Waals surface area contributed by atoms with Gasteiger partial charge in [0.2, 0.25) is 10.0 Å². The minimum atomic E-state index is -3.68. The summed E-state index contributed by atoms with van der Waals surface area (Å²) in [5.41, 5.74) is 2.04. The normalized spacial score (nSPS) is 21.4. The van der Waals surface area contributed by atoms with Gasteiger partial charge in [0, 0.05) is 51.8 Å². The van der Waals surface area contributed by atoms with Crippen LogP contribution in [0.4, 0.5) is 0 Å². The van der Waals surface area contributed by atoms with Crippen LogP contribution in [0.15, 0.2) is 11.0 Å². The lowest BCUT2D eigenvalue weighted by molar-refractivity contribution is -0.179. The lowest BCUT2D eigenvalue weighted by atomic mass is 10.1. The van der Waals surface area contributed by atoms with E-state index < -0.39 is 15.8 Å². The van der Waals surface area contributed by atoms with Gasteiger partial charge in [-0.2, -0.15) is 4.31 Å². The monoisotopic (exact) mass is 494 g/mol. The number of carbonyl (C=O) groups is 1. The molecule has 0 aliphatic carbocycles. The van der Waals surface area contributed by atoms with Crippen LogP contribution in [-0.2, 0) is 26.5 Å². The Labute approximate surface area is 198 Å². The fourth-order valence-corrected chi connectivity index (χ4v) is 7.70. The van der Waals surface area contributed by atoms with Gasteiger partial charge in [-0.1, -0.05) is 0 Å². The number of hydrogen-bond acceptors (Lipinski definition) is 7. The van der Waals surface area contributed by atoms with Crippen LogP contribution in [0.5, 0.6) is 0 Å². The summed E-state index contributed by atoms with van der Waals surface area (Å²) in [5, 5.41) is 0.660. The zero-order chi connectivity index (χ0) is 23.4. The second-order valence-electron chi connectivity index (χ2n) is 8.98. The van der Waals surface area contributed by atoms with Crippen molar-refractivity contribution in [2.45, 2.75) is 50.2 Å². The molecule has 5 heterocycles. The van der Waals surface area contributed by atoms with E-state index in [1.54, 1.807) is 6.07 Å². The molecule has 0 N–H and O–H groups in total. The summed E-state index contributed by atoms with van der Waals surface area (Å²) in [5.74, 6) is -0.606. The summed E-state index contributed by atoms with van der Waals surface area (Å²) in [6.45, 7) is 7.05. The predicted octanol–water partition coefficient (Wildman–Crippen LogP) is 2.53. The lowest BCUT2D eigenvalue weighted by Crippen LogP contribution is -2.47. The number of nitrogens with zero attached hydrogens (tertiary/aromatic N) is 4. The summed E-state index contributed by atoms with van der Waals surface area (Å²) in [4.78, 5) is 20.3. The molecule has 0 aromatic carbocycles. The van der Waals surface area contributed by atoms with E-state index in [1.807, 2.05) is 30.4 Å². The van der Waals surface area contributed by atoms with Gasteiger partial charge >= 0.3 is 0 Å². The minimum Gasteiger partial charge on any atom is -0.347 e. The highest BCUT2D eigenvalue weighted by molar-refractivity contribution is 7.89. The van der Waals surface area contributed by atoms with E-state index in [4.69, 9.17) is 9.47 Å². The van der Waals surface area contributed by atoms with Gasteiger partial charge in [0.15, 0.2) is 5.79 Å². The first-order valence-corrected chi connectivity index (χ1v) is 13.7. The first-order valence-electron chi connectivity index (χ1n) is 11.4. The number of aromatic nitrogens is 2. The standard InChI is InChI=1S/C22H30N4O5S2/c1-15-19(21(27)25-8-4-5-9-25)32-20(23-15)17-14-18(16(2)24(17)3)33(28,29)26-10-6-22(7-11-26)30-12-13-31-22/h14H,4-13H2,1-3H3. The van der Waals surface area contributed by atoms with E-state index in [0.717, 1.165) is 25.9 Å². The van der Waals surface area contributed by atoms with Gasteiger partial charge in [0.25, 0.3) is 5.91 Å². The second-order valence-corrected chi connectivity index (χ2v) is 11.9. The molecule has 3 fully saturated rings. The number of aryl methyl sites for hydroxylation is 1. The van der Waals surface area contributed by atoms with Crippen molar-refractivity contribution in [2.75, 3.05) is 39.4 Å². The summed E-state index contributed by atoms with van der Waals surface area (Å²) in [7, 11) is -1.84. The number of hydrogen-bond donors (Lipinski definition) is 0. The number of piperidine rings is 1. The van der Waals surface area contributed by atoms with Crippen molar-refractivity contribution in [3.05, 3.63) is 22.3 Å². The number of thiazole rings is 1. The number of likely N-dealkylation sites (tertiary alicyclic amines) is 1. The zero-order valence-electron chi connectivity index (χ0n) is 19.3. The van der Waals surface area contributed by atoms with Gasteiger partial charge in [-0.05, 0) is 32.8 Å². The Morgan fingerprint density at radius 3 is 2.36 bits per heavy atom. The van der Waals surface area contributed by atoms with Crippen molar-refractivity contribution >= 4 is 27.3 Å². The van der Waals surface area contributed by atoms with Crippen LogP contribution in [-0.4, -0.2) is 78.3 Å². The van der Waals surface area contributed by atoms with Crippen molar-refractivity contribution in [1.29, 1.82) is 0 Å². The molecule has 5 rings (SSSR count). The Morgan fingerprint density at radius 1 is 1.09 bits per heavy atom. The molecule has 3 aliphatic heterocycles. The summed E-state index contributed by atoms with van der Waals surface area (Å²) >= 11 is 1.34. The van der Waals surface area contributed by atoms with Crippen LogP contribution in [0.1, 0.15) is 46.7 Å². The Kier molecular flexibility index (Phi) is 5.89. The molecule has 3 saturated heterocycles. The number of carbonyl (C=O) groups excluding carboxylic acids is 1. The third kappa shape index (κ3) is 3.93. The summed E-state index contributed by atoms with van der Waals surface area (Å²) < 4.78 is 41.9. The smallest absolute Gasteiger partial charge is 0.265 e. The molecule has 0 atom stereocenters. The topological polar surface area (TPSA) is 94.0 Å². The maximum Gasteiger partial charge on any atom is 0.265 e. The van der Waals surface area contributed by atoms with Crippen LogP contribution in [0.3, 0.4) is 0 Å². The fraction of sp³-hybridized carbons (Fsp3) is 0.636. The van der Waals surface area contributed by atoms with E-state index in [0.29, 0.717) is 66.1 Å². The zero-order valence-corrected chi connectivity index (χ0v) is 20.9. The van der Waals surface area contributed by atoms with Crippen molar-refractivity contribution < 1.29 is 22.7 Å². The van der Waals surface area contributed by atoms with E-state index in [1.165, 1.54) is 15.6 Å². The molecule has 1 spiro atoms. The molecule has 2 aromatic heterocycles. The second kappa shape index (κ2) is 8.46. The third-order valence-electron chi connectivity index (χ3n) is 7.01. The van der Waals surface area contributed by atoms with E-state index in [2.05, 4.69) is 4.98 Å². The van der Waals surface area contributed by atoms with Crippen LogP contribution in [0, 0.1) is 13.8 Å². The molecular formula is C22H30N4O5S2. The fourth-order valence-electron chi connectivity index (χ4n) is 4.90. The molecule has 3 aliphatic rings. The average Bonchev–Trinajstić information content (AvgIpc) is 3.58. The minimum absolute atomic E-state index is 0.0196. The van der Waals surface area contributed by atoms with Gasteiger partial charge in [-0.15, -0.1) is 11.3 Å². The number of sulfonamides is 1. The third-order valence-corrected chi connectivity index (χ3v) is 10.2. The molecule has 0 unspecified atom stereocenters.